The van der Waals surface area contributed by atoms with Crippen molar-refractivity contribution in [3.8, 4) is 5.75 Å². The molecule has 0 spiro atoms. The second kappa shape index (κ2) is 22.2. The van der Waals surface area contributed by atoms with Crippen LogP contribution in [0.4, 0.5) is 11.8 Å². The standard InChI is InChI=1S/C38H48N12O24P4/c1-47-16-50(32-24(47)33(55)46-37(40)45-32)34-25(52)18(10-65-2)19(70-34)11-67-76(59,60)73-78(63,64)74-77(61,62)68-13-21-29(75(57,58)66-12-20-26(53)27(54)35(71-20)48-9-8-22(51)44-38(48)56)28(69-17-6-4-3-5-7-17)36(72-21)49-15-43-23-30(39)41-14-42-31(23)49/h3-9,14-16,18-21,25-29,34-36,52-54H,10-13H2,1-2H3,(H9-,39,40,41,42,44,45,46,51,55,56,57,58,59,60,61,62,63,64)/p+1/t18-,19-,20-,21?,25-,26-,27-,28-,29-,34-,35-,36-/m1/s1. The van der Waals surface area contributed by atoms with E-state index in [9.17, 15) is 67.5 Å². The minimum Gasteiger partial charge on any atom is -0.485 e. The molecule has 40 heteroatoms. The molecule has 5 aromatic heterocycles. The normalized spacial score (nSPS) is 29.6. The van der Waals surface area contributed by atoms with Crippen molar-refractivity contribution < 1.29 is 104 Å². The van der Waals surface area contributed by atoms with Gasteiger partial charge >= 0.3 is 42.4 Å². The quantitative estimate of drug-likeness (QED) is 0.0263. The Morgan fingerprint density at radius 2 is 1.42 bits per heavy atom. The summed E-state index contributed by atoms with van der Waals surface area (Å²) in [5, 5.41) is 33.0. The van der Waals surface area contributed by atoms with Gasteiger partial charge in [-0.1, -0.05) is 23.2 Å². The number of phosphoric acid groups is 3. The molecule has 424 valence electrons. The molecule has 0 bridgehead atoms. The van der Waals surface area contributed by atoms with Gasteiger partial charge < -0.3 is 74.6 Å². The van der Waals surface area contributed by atoms with Gasteiger partial charge in [-0.3, -0.25) is 46.9 Å². The number of fused-ring (bicyclic) bond motifs is 2. The van der Waals surface area contributed by atoms with Gasteiger partial charge in [-0.2, -0.15) is 8.62 Å². The lowest BCUT2D eigenvalue weighted by atomic mass is 9.99. The number of phosphoric ester groups is 2. The van der Waals surface area contributed by atoms with E-state index in [-0.39, 0.29) is 46.5 Å². The number of anilines is 2. The van der Waals surface area contributed by atoms with Crippen molar-refractivity contribution >= 4 is 65.2 Å². The molecular formula is C38H49N12O24P4+. The van der Waals surface area contributed by atoms with Gasteiger partial charge in [0.05, 0.1) is 45.9 Å². The molecule has 13 N–H and O–H groups in total. The Balaban J connectivity index is 0.928. The third kappa shape index (κ3) is 11.8. The first kappa shape index (κ1) is 57.2. The fraction of sp³-hybridized carbons (Fsp3) is 0.474. The number of nitrogens with zero attached hydrogens (tertiary/aromatic N) is 8. The molecule has 16 atom stereocenters. The molecule has 36 nitrogen and oxygen atoms in total. The Labute approximate surface area is 435 Å². The molecule has 8 heterocycles. The zero-order valence-corrected chi connectivity index (χ0v) is 43.7. The first-order valence-corrected chi connectivity index (χ1v) is 28.8. The van der Waals surface area contributed by atoms with Crippen LogP contribution in [0.1, 0.15) is 18.7 Å². The second-order valence-electron chi connectivity index (χ2n) is 17.6. The summed E-state index contributed by atoms with van der Waals surface area (Å²) < 4.78 is 112. The van der Waals surface area contributed by atoms with Crippen LogP contribution in [0.2, 0.25) is 0 Å². The zero-order valence-electron chi connectivity index (χ0n) is 40.1. The molecule has 5 unspecified atom stereocenters. The fourth-order valence-electron chi connectivity index (χ4n) is 9.00. The molecule has 0 saturated carbocycles. The van der Waals surface area contributed by atoms with E-state index in [1.54, 1.807) is 6.07 Å². The Bertz CT molecular complexity index is 3570. The van der Waals surface area contributed by atoms with E-state index in [2.05, 4.69) is 33.5 Å². The van der Waals surface area contributed by atoms with Gasteiger partial charge in [0.2, 0.25) is 11.7 Å². The highest BCUT2D eigenvalue weighted by molar-refractivity contribution is 7.66. The monoisotopic (exact) mass is 1180 g/mol. The summed E-state index contributed by atoms with van der Waals surface area (Å²) in [4.78, 5) is 101. The number of nitrogens with one attached hydrogen (secondary N) is 2. The maximum Gasteiger partial charge on any atom is 0.490 e. The SMILES string of the molecule is COC[C@H]1[C@@H](O)[C@H]([n+]2cn(C)c3c(=O)[nH]c(N)nc32)O[C@@H]1COP(=O)(O)OP(=O)(O)OP(=O)(O)OCC1O[C@@H](n2cnc3c(N)ncnc32)[C@H](Oc2ccccc2)[C@@H]1P(=O)(O)OC[C@H]1O[C@@H](n2ccc(=O)[nH]c2=O)[C@H](O)[C@@H]1O. The Morgan fingerprint density at radius 1 is 0.756 bits per heavy atom. The van der Waals surface area contributed by atoms with Crippen molar-refractivity contribution in [3.05, 3.63) is 92.8 Å². The Kier molecular flexibility index (Phi) is 16.3. The van der Waals surface area contributed by atoms with Gasteiger partial charge in [-0.15, -0.1) is 0 Å². The number of aliphatic hydroxyl groups excluding tert-OH is 3. The molecule has 3 aliphatic rings. The number of H-pyrrole nitrogens is 2. The smallest absolute Gasteiger partial charge is 0.485 e. The zero-order chi connectivity index (χ0) is 56.2. The van der Waals surface area contributed by atoms with Crippen LogP contribution >= 0.6 is 31.1 Å². The average molecular weight is 1180 g/mol. The highest BCUT2D eigenvalue weighted by Crippen LogP contribution is 2.68. The Morgan fingerprint density at radius 3 is 2.10 bits per heavy atom. The van der Waals surface area contributed by atoms with E-state index in [4.69, 9.17) is 48.7 Å². The van der Waals surface area contributed by atoms with Crippen LogP contribution in [-0.4, -0.2) is 160 Å². The lowest BCUT2D eigenvalue weighted by Gasteiger charge is -2.29. The number of aromatic nitrogens is 10. The molecule has 3 fully saturated rings. The van der Waals surface area contributed by atoms with E-state index in [1.807, 2.05) is 4.98 Å². The van der Waals surface area contributed by atoms with E-state index in [0.717, 1.165) is 29.5 Å². The maximum absolute atomic E-state index is 14.7. The van der Waals surface area contributed by atoms with Crippen molar-refractivity contribution in [2.75, 3.05) is 45.0 Å². The van der Waals surface area contributed by atoms with E-state index in [1.165, 1.54) is 58.5 Å². The lowest BCUT2D eigenvalue weighted by molar-refractivity contribution is -0.745. The lowest BCUT2D eigenvalue weighted by Crippen LogP contribution is -2.45. The van der Waals surface area contributed by atoms with Crippen LogP contribution in [-0.2, 0) is 66.4 Å². The number of nitrogen functional groups attached to an aromatic ring is 2. The number of aromatic amines is 2. The minimum atomic E-state index is -6.23. The molecule has 0 amide bonds. The van der Waals surface area contributed by atoms with Crippen LogP contribution in [0.25, 0.3) is 22.3 Å². The number of methoxy groups -OCH3 is 1. The van der Waals surface area contributed by atoms with Crippen molar-refractivity contribution in [1.82, 2.24) is 43.6 Å². The highest BCUT2D eigenvalue weighted by atomic mass is 31.3. The first-order valence-electron chi connectivity index (χ1n) is 22.7. The predicted octanol–water partition coefficient (Wildman–Crippen LogP) is -2.47. The molecule has 78 heavy (non-hydrogen) atoms. The number of hydrogen-bond acceptors (Lipinski definition) is 26. The predicted molar refractivity (Wildman–Crippen MR) is 256 cm³/mol. The van der Waals surface area contributed by atoms with E-state index < -0.39 is 141 Å². The third-order valence-electron chi connectivity index (χ3n) is 12.4. The first-order chi connectivity index (χ1) is 36.8. The van der Waals surface area contributed by atoms with Gasteiger partial charge in [0.15, 0.2) is 36.4 Å². The maximum atomic E-state index is 14.7. The van der Waals surface area contributed by atoms with Crippen LogP contribution in [0, 0.1) is 5.92 Å². The number of ether oxygens (including phenoxy) is 5. The summed E-state index contributed by atoms with van der Waals surface area (Å²) in [7, 11) is -20.7. The number of aliphatic hydroxyl groups is 3. The average Bonchev–Trinajstić information content (AvgIpc) is 4.27. The largest absolute Gasteiger partial charge is 0.490 e. The number of aryl methyl sites for hydroxylation is 1. The van der Waals surface area contributed by atoms with Gasteiger partial charge in [0.1, 0.15) is 53.8 Å². The highest BCUT2D eigenvalue weighted by Gasteiger charge is 2.59. The van der Waals surface area contributed by atoms with E-state index in [0.29, 0.717) is 0 Å². The molecule has 1 aromatic carbocycles. The molecule has 3 saturated heterocycles. The molecular weight excluding hydrogens is 1130 g/mol. The number of hydrogen-bond donors (Lipinski definition) is 11. The van der Waals surface area contributed by atoms with Gasteiger partial charge in [0.25, 0.3) is 17.1 Å². The molecule has 3 aliphatic heterocycles. The van der Waals surface area contributed by atoms with E-state index >= 15 is 0 Å². The van der Waals surface area contributed by atoms with Gasteiger partial charge in [0, 0.05) is 25.3 Å². The Hall–Kier alpha value is -5.52. The van der Waals surface area contributed by atoms with Crippen LogP contribution in [0.3, 0.4) is 0 Å². The summed E-state index contributed by atoms with van der Waals surface area (Å²) >= 11 is 0. The summed E-state index contributed by atoms with van der Waals surface area (Å²) in [6.45, 7) is -3.58. The number of nitrogens with two attached hydrogens (primary N) is 2. The van der Waals surface area contributed by atoms with Crippen LogP contribution in [0.15, 0.2) is 76.0 Å². The number of benzene rings is 1. The van der Waals surface area contributed by atoms with Gasteiger partial charge in [-0.25, -0.2) is 38.0 Å². The topological polar surface area (TPSA) is 507 Å². The second-order valence-corrected chi connectivity index (χ2v) is 24.2. The molecule has 6 aromatic rings. The third-order valence-corrected chi connectivity index (χ3v) is 18.6. The number of para-hydroxylation sites is 1. The number of rotatable bonds is 21. The summed E-state index contributed by atoms with van der Waals surface area (Å²) in [6, 6.07) is 8.51. The van der Waals surface area contributed by atoms with Crippen LogP contribution < -0.4 is 37.6 Å². The van der Waals surface area contributed by atoms with Crippen molar-refractivity contribution in [2.24, 2.45) is 13.0 Å². The minimum absolute atomic E-state index is 0.0214. The molecule has 9 rings (SSSR count). The van der Waals surface area contributed by atoms with Crippen molar-refractivity contribution in [1.29, 1.82) is 0 Å². The molecule has 0 aliphatic carbocycles. The van der Waals surface area contributed by atoms with Crippen LogP contribution in [0.5, 0.6) is 5.75 Å². The van der Waals surface area contributed by atoms with Crippen molar-refractivity contribution in [2.45, 2.75) is 67.1 Å². The van der Waals surface area contributed by atoms with Crippen molar-refractivity contribution in [3.63, 3.8) is 0 Å². The van der Waals surface area contributed by atoms with Gasteiger partial charge in [-0.05, 0) is 12.1 Å². The molecule has 0 radical (unpaired) electrons. The summed E-state index contributed by atoms with van der Waals surface area (Å²) in [5.41, 5.74) is 7.26. The summed E-state index contributed by atoms with van der Waals surface area (Å²) in [6.07, 6.45) is -12.0. The fourth-order valence-corrected chi connectivity index (χ4v) is 14.2. The number of imidazole rings is 2. The summed E-state index contributed by atoms with van der Waals surface area (Å²) in [5.74, 6) is -1.38.